The van der Waals surface area contributed by atoms with Crippen LogP contribution in [0.2, 0.25) is 0 Å². The lowest BCUT2D eigenvalue weighted by atomic mass is 10.1. The maximum atomic E-state index is 8.09. The predicted octanol–water partition coefficient (Wildman–Crippen LogP) is 2.35. The van der Waals surface area contributed by atoms with E-state index in [4.69, 9.17) is 14.9 Å². The van der Waals surface area contributed by atoms with Crippen molar-refractivity contribution in [2.24, 2.45) is 0 Å². The van der Waals surface area contributed by atoms with Crippen LogP contribution in [0.5, 0.6) is 0 Å². The van der Waals surface area contributed by atoms with E-state index in [0.717, 1.165) is 12.8 Å². The summed E-state index contributed by atoms with van der Waals surface area (Å²) >= 11 is 0. The third-order valence-electron chi connectivity index (χ3n) is 1.18. The third kappa shape index (κ3) is 24.8. The first-order chi connectivity index (χ1) is 6.62. The number of rotatable bonds is 3. The van der Waals surface area contributed by atoms with E-state index >= 15 is 0 Å². The molecule has 0 aliphatic carbocycles. The Hall–Kier alpha value is -0.120. The van der Waals surface area contributed by atoms with Gasteiger partial charge in [-0.05, 0) is 54.4 Å². The zero-order chi connectivity index (χ0) is 12.5. The molecule has 0 aliphatic rings. The summed E-state index contributed by atoms with van der Waals surface area (Å²) in [5, 5.41) is 16.2. The normalized spacial score (nSPS) is 12.0. The van der Waals surface area contributed by atoms with Crippen LogP contribution in [-0.4, -0.2) is 34.6 Å². The zero-order valence-electron chi connectivity index (χ0n) is 11.1. The van der Waals surface area contributed by atoms with E-state index in [2.05, 4.69) is 41.5 Å². The Bertz CT molecular complexity index is 115. The van der Waals surface area contributed by atoms with E-state index in [-0.39, 0.29) is 24.4 Å². The fourth-order valence-electron chi connectivity index (χ4n) is 1.14. The standard InChI is InChI=1S/C8H18O.C4H10O2/c1-7(2,3)9-8(4,5)6;5-3-1-2-4-6/h1-6H3;5-6H,1-4H2. The Morgan fingerprint density at radius 2 is 1.00 bits per heavy atom. The van der Waals surface area contributed by atoms with Crippen LogP contribution in [0.4, 0.5) is 0 Å². The van der Waals surface area contributed by atoms with E-state index in [1.165, 1.54) is 0 Å². The Morgan fingerprint density at radius 1 is 0.733 bits per heavy atom. The predicted molar refractivity (Wildman–Crippen MR) is 64.0 cm³/mol. The van der Waals surface area contributed by atoms with E-state index in [1.54, 1.807) is 0 Å². The van der Waals surface area contributed by atoms with Crippen LogP contribution in [0.25, 0.3) is 0 Å². The number of aliphatic hydroxyl groups is 2. The third-order valence-corrected chi connectivity index (χ3v) is 1.18. The molecule has 0 aromatic carbocycles. The summed E-state index contributed by atoms with van der Waals surface area (Å²) in [6, 6.07) is 0. The SMILES string of the molecule is CC(C)(C)OC(C)(C)C.OCCCCO. The first kappa shape index (κ1) is 17.3. The number of aliphatic hydroxyl groups excluding tert-OH is 2. The largest absolute Gasteiger partial charge is 0.396 e. The van der Waals surface area contributed by atoms with Crippen molar-refractivity contribution < 1.29 is 14.9 Å². The van der Waals surface area contributed by atoms with Gasteiger partial charge in [0.15, 0.2) is 0 Å². The summed E-state index contributed by atoms with van der Waals surface area (Å²) in [5.41, 5.74) is -0.0312. The molecule has 0 unspecified atom stereocenters. The minimum Gasteiger partial charge on any atom is -0.396 e. The highest BCUT2D eigenvalue weighted by molar-refractivity contribution is 4.68. The number of hydrogen-bond donors (Lipinski definition) is 2. The molecule has 3 heteroatoms. The van der Waals surface area contributed by atoms with E-state index in [9.17, 15) is 0 Å². The van der Waals surface area contributed by atoms with Crippen LogP contribution in [0, 0.1) is 0 Å². The van der Waals surface area contributed by atoms with Gasteiger partial charge in [-0.15, -0.1) is 0 Å². The fourth-order valence-corrected chi connectivity index (χ4v) is 1.14. The summed E-state index contributed by atoms with van der Waals surface area (Å²) in [5.74, 6) is 0. The average molecular weight is 220 g/mol. The average Bonchev–Trinajstić information content (AvgIpc) is 1.94. The van der Waals surface area contributed by atoms with Gasteiger partial charge in [0.05, 0.1) is 11.2 Å². The van der Waals surface area contributed by atoms with Crippen molar-refractivity contribution in [3.8, 4) is 0 Å². The van der Waals surface area contributed by atoms with Gasteiger partial charge >= 0.3 is 0 Å². The molecule has 0 heterocycles. The minimum atomic E-state index is -0.0156. The van der Waals surface area contributed by atoms with Gasteiger partial charge in [-0.3, -0.25) is 0 Å². The monoisotopic (exact) mass is 220 g/mol. The number of ether oxygens (including phenoxy) is 1. The van der Waals surface area contributed by atoms with Gasteiger partial charge in [0.1, 0.15) is 0 Å². The van der Waals surface area contributed by atoms with Crippen LogP contribution in [0.1, 0.15) is 54.4 Å². The lowest BCUT2D eigenvalue weighted by Crippen LogP contribution is -2.31. The van der Waals surface area contributed by atoms with Crippen LogP contribution in [0.15, 0.2) is 0 Å². The first-order valence-corrected chi connectivity index (χ1v) is 5.54. The molecule has 3 nitrogen and oxygen atoms in total. The molecule has 0 aromatic heterocycles. The second-order valence-electron chi connectivity index (χ2n) is 5.48. The molecule has 0 rings (SSSR count). The molecule has 0 saturated heterocycles. The van der Waals surface area contributed by atoms with Crippen molar-refractivity contribution in [1.82, 2.24) is 0 Å². The van der Waals surface area contributed by atoms with Crippen molar-refractivity contribution in [2.45, 2.75) is 65.6 Å². The first-order valence-electron chi connectivity index (χ1n) is 5.54. The van der Waals surface area contributed by atoms with Crippen molar-refractivity contribution in [1.29, 1.82) is 0 Å². The second kappa shape index (κ2) is 8.08. The summed E-state index contributed by atoms with van der Waals surface area (Å²) in [7, 11) is 0. The Labute approximate surface area is 94.5 Å². The van der Waals surface area contributed by atoms with Gasteiger partial charge in [-0.1, -0.05) is 0 Å². The molecule has 0 saturated carbocycles. The van der Waals surface area contributed by atoms with E-state index in [1.807, 2.05) is 0 Å². The highest BCUT2D eigenvalue weighted by atomic mass is 16.5. The quantitative estimate of drug-likeness (QED) is 0.718. The molecule has 0 bridgehead atoms. The molecule has 0 atom stereocenters. The maximum Gasteiger partial charge on any atom is 0.0605 e. The van der Waals surface area contributed by atoms with Gasteiger partial charge < -0.3 is 14.9 Å². The number of unbranched alkanes of at least 4 members (excludes halogenated alkanes) is 1. The summed E-state index contributed by atoms with van der Waals surface area (Å²) in [4.78, 5) is 0. The van der Waals surface area contributed by atoms with Crippen molar-refractivity contribution in [3.63, 3.8) is 0 Å². The molecule has 15 heavy (non-hydrogen) atoms. The topological polar surface area (TPSA) is 49.7 Å². The summed E-state index contributed by atoms with van der Waals surface area (Å²) in [6.07, 6.45) is 1.44. The zero-order valence-corrected chi connectivity index (χ0v) is 11.1. The molecule has 94 valence electrons. The smallest absolute Gasteiger partial charge is 0.0605 e. The number of hydrogen-bond acceptors (Lipinski definition) is 3. The van der Waals surface area contributed by atoms with Gasteiger partial charge in [0.25, 0.3) is 0 Å². The summed E-state index contributed by atoms with van der Waals surface area (Å²) < 4.78 is 5.62. The highest BCUT2D eigenvalue weighted by Crippen LogP contribution is 2.17. The lowest BCUT2D eigenvalue weighted by Gasteiger charge is -2.30. The Kier molecular flexibility index (Phi) is 9.31. The van der Waals surface area contributed by atoms with E-state index < -0.39 is 0 Å². The van der Waals surface area contributed by atoms with E-state index in [0.29, 0.717) is 0 Å². The van der Waals surface area contributed by atoms with Gasteiger partial charge in [0, 0.05) is 13.2 Å². The maximum absolute atomic E-state index is 8.09. The van der Waals surface area contributed by atoms with Crippen molar-refractivity contribution in [2.75, 3.05) is 13.2 Å². The molecular formula is C12H28O3. The molecule has 0 radical (unpaired) electrons. The molecule has 2 N–H and O–H groups in total. The van der Waals surface area contributed by atoms with Crippen molar-refractivity contribution >= 4 is 0 Å². The van der Waals surface area contributed by atoms with Crippen LogP contribution in [-0.2, 0) is 4.74 Å². The molecule has 0 spiro atoms. The van der Waals surface area contributed by atoms with Gasteiger partial charge in [-0.2, -0.15) is 0 Å². The summed E-state index contributed by atoms with van der Waals surface area (Å²) in [6.45, 7) is 12.8. The van der Waals surface area contributed by atoms with Crippen LogP contribution < -0.4 is 0 Å². The second-order valence-corrected chi connectivity index (χ2v) is 5.48. The molecule has 0 aliphatic heterocycles. The fraction of sp³-hybridized carbons (Fsp3) is 1.00. The van der Waals surface area contributed by atoms with Crippen LogP contribution in [0.3, 0.4) is 0 Å². The lowest BCUT2D eigenvalue weighted by molar-refractivity contribution is -0.102. The Morgan fingerprint density at radius 3 is 1.07 bits per heavy atom. The van der Waals surface area contributed by atoms with Crippen LogP contribution >= 0.6 is 0 Å². The Balaban J connectivity index is 0. The molecular weight excluding hydrogens is 192 g/mol. The van der Waals surface area contributed by atoms with Gasteiger partial charge in [0.2, 0.25) is 0 Å². The molecule has 0 amide bonds. The van der Waals surface area contributed by atoms with Crippen molar-refractivity contribution in [3.05, 3.63) is 0 Å². The van der Waals surface area contributed by atoms with Gasteiger partial charge in [-0.25, -0.2) is 0 Å². The molecule has 0 aromatic rings. The minimum absolute atomic E-state index is 0.0156. The molecule has 0 fully saturated rings. The highest BCUT2D eigenvalue weighted by Gasteiger charge is 2.19.